The number of aliphatic carboxylic acids is 1. The number of para-hydroxylation sites is 1. The highest BCUT2D eigenvalue weighted by atomic mass is 127. The highest BCUT2D eigenvalue weighted by Gasteiger charge is 2.11. The first-order valence-corrected chi connectivity index (χ1v) is 8.13. The van der Waals surface area contributed by atoms with Gasteiger partial charge in [0, 0.05) is 10.1 Å². The first-order chi connectivity index (χ1) is 10.6. The second-order valence-corrected chi connectivity index (χ2v) is 5.39. The fourth-order valence-electron chi connectivity index (χ4n) is 1.90. The Morgan fingerprint density at radius 2 is 1.77 bits per heavy atom. The summed E-state index contributed by atoms with van der Waals surface area (Å²) in [4.78, 5) is 22.3. The third-order valence-corrected chi connectivity index (χ3v) is 3.76. The molecule has 5 nitrogen and oxygen atoms in total. The summed E-state index contributed by atoms with van der Waals surface area (Å²) >= 11 is 2.26. The average molecular weight is 410 g/mol. The van der Waals surface area contributed by atoms with Gasteiger partial charge in [0.2, 0.25) is 5.91 Å². The van der Waals surface area contributed by atoms with Gasteiger partial charge in [0.25, 0.3) is 0 Å². The van der Waals surface area contributed by atoms with Crippen molar-refractivity contribution in [2.75, 3.05) is 10.6 Å². The molecule has 0 radical (unpaired) electrons. The summed E-state index contributed by atoms with van der Waals surface area (Å²) in [6.45, 7) is 0. The molecule has 114 valence electrons. The largest absolute Gasteiger partial charge is 0.481 e. The summed E-state index contributed by atoms with van der Waals surface area (Å²) in [7, 11) is 0. The molecule has 0 saturated carbocycles. The van der Waals surface area contributed by atoms with Crippen LogP contribution >= 0.6 is 22.6 Å². The van der Waals surface area contributed by atoms with Gasteiger partial charge in [-0.2, -0.15) is 0 Å². The molecule has 0 bridgehead atoms. The van der Waals surface area contributed by atoms with E-state index in [9.17, 15) is 9.59 Å². The van der Waals surface area contributed by atoms with Crippen LogP contribution in [0.2, 0.25) is 0 Å². The van der Waals surface area contributed by atoms with Crippen molar-refractivity contribution in [2.24, 2.45) is 0 Å². The zero-order valence-corrected chi connectivity index (χ0v) is 13.8. The Bertz CT molecular complexity index is 674. The molecular formula is C16H15IN2O3. The second kappa shape index (κ2) is 7.79. The van der Waals surface area contributed by atoms with E-state index in [0.29, 0.717) is 5.69 Å². The molecule has 0 aromatic heterocycles. The zero-order valence-electron chi connectivity index (χ0n) is 11.7. The Morgan fingerprint density at radius 3 is 2.41 bits per heavy atom. The summed E-state index contributed by atoms with van der Waals surface area (Å²) in [6.07, 6.45) is -0.557. The van der Waals surface area contributed by atoms with Crippen molar-refractivity contribution in [1.29, 1.82) is 0 Å². The maximum atomic E-state index is 11.7. The van der Waals surface area contributed by atoms with Crippen LogP contribution in [-0.2, 0) is 14.0 Å². The van der Waals surface area contributed by atoms with E-state index in [2.05, 4.69) is 33.2 Å². The Hall–Kier alpha value is -2.09. The number of hydrogen-bond donors (Lipinski definition) is 3. The highest BCUT2D eigenvalue weighted by Crippen LogP contribution is 2.28. The van der Waals surface area contributed by atoms with Gasteiger partial charge in [-0.15, -0.1) is 0 Å². The fraction of sp³-hybridized carbons (Fsp3) is 0.125. The second-order valence-electron chi connectivity index (χ2n) is 4.62. The molecule has 1 amide bonds. The first-order valence-electron chi connectivity index (χ1n) is 6.61. The van der Waals surface area contributed by atoms with Gasteiger partial charge in [0.1, 0.15) is 6.42 Å². The normalized spacial score (nSPS) is 10.0. The monoisotopic (exact) mass is 410 g/mol. The lowest BCUT2D eigenvalue weighted by Crippen LogP contribution is -2.16. The van der Waals surface area contributed by atoms with E-state index in [1.54, 1.807) is 6.07 Å². The number of carbonyl (C=O) groups is 2. The van der Waals surface area contributed by atoms with Gasteiger partial charge in [0.15, 0.2) is 0 Å². The number of anilines is 3. The molecule has 0 aliphatic carbocycles. The maximum absolute atomic E-state index is 11.7. The first kappa shape index (κ1) is 16.3. The number of carboxylic acids is 1. The standard InChI is InChI=1S/C16H15IN2O3/c17-10-11-6-7-13(19-15(20)9-16(21)22)14(8-11)18-12-4-2-1-3-5-12/h1-8,18H,9-10H2,(H,19,20)(H,21,22). The molecule has 2 aromatic carbocycles. The van der Waals surface area contributed by atoms with Crippen molar-refractivity contribution in [2.45, 2.75) is 10.8 Å². The number of nitrogens with one attached hydrogen (secondary N) is 2. The van der Waals surface area contributed by atoms with Crippen LogP contribution < -0.4 is 10.6 Å². The molecule has 3 N–H and O–H groups in total. The van der Waals surface area contributed by atoms with Gasteiger partial charge in [0.05, 0.1) is 11.4 Å². The highest BCUT2D eigenvalue weighted by molar-refractivity contribution is 14.1. The minimum Gasteiger partial charge on any atom is -0.481 e. The van der Waals surface area contributed by atoms with Crippen LogP contribution in [0.5, 0.6) is 0 Å². The average Bonchev–Trinajstić information content (AvgIpc) is 2.49. The van der Waals surface area contributed by atoms with Crippen molar-refractivity contribution in [3.63, 3.8) is 0 Å². The van der Waals surface area contributed by atoms with Crippen molar-refractivity contribution < 1.29 is 14.7 Å². The van der Waals surface area contributed by atoms with Crippen LogP contribution in [0.3, 0.4) is 0 Å². The van der Waals surface area contributed by atoms with E-state index in [1.807, 2.05) is 42.5 Å². The maximum Gasteiger partial charge on any atom is 0.312 e. The fourth-order valence-corrected chi connectivity index (χ4v) is 2.37. The lowest BCUT2D eigenvalue weighted by Gasteiger charge is -2.14. The van der Waals surface area contributed by atoms with E-state index >= 15 is 0 Å². The van der Waals surface area contributed by atoms with Crippen LogP contribution in [-0.4, -0.2) is 17.0 Å². The molecule has 2 aromatic rings. The Morgan fingerprint density at radius 1 is 1.05 bits per heavy atom. The summed E-state index contributed by atoms with van der Waals surface area (Å²) in [5.74, 6) is -1.70. The van der Waals surface area contributed by atoms with E-state index in [0.717, 1.165) is 21.4 Å². The minimum atomic E-state index is -1.15. The number of alkyl halides is 1. The summed E-state index contributed by atoms with van der Waals surface area (Å²) in [5.41, 5.74) is 3.29. The summed E-state index contributed by atoms with van der Waals surface area (Å²) in [6, 6.07) is 15.2. The molecule has 2 rings (SSSR count). The van der Waals surface area contributed by atoms with Gasteiger partial charge in [-0.05, 0) is 29.8 Å². The van der Waals surface area contributed by atoms with Gasteiger partial charge in [-0.3, -0.25) is 9.59 Å². The number of benzene rings is 2. The van der Waals surface area contributed by atoms with Crippen LogP contribution in [0.25, 0.3) is 0 Å². The number of carboxylic acid groups (broad SMARTS) is 1. The molecule has 6 heteroatoms. The van der Waals surface area contributed by atoms with Crippen LogP contribution in [0.1, 0.15) is 12.0 Å². The quantitative estimate of drug-likeness (QED) is 0.385. The van der Waals surface area contributed by atoms with Crippen molar-refractivity contribution in [3.8, 4) is 0 Å². The number of carbonyl (C=O) groups excluding carboxylic acids is 1. The van der Waals surface area contributed by atoms with Gasteiger partial charge in [-0.1, -0.05) is 46.9 Å². The van der Waals surface area contributed by atoms with Gasteiger partial charge < -0.3 is 15.7 Å². The topological polar surface area (TPSA) is 78.4 Å². The Labute approximate surface area is 141 Å². The molecule has 0 unspecified atom stereocenters. The molecule has 0 atom stereocenters. The predicted octanol–water partition coefficient (Wildman–Crippen LogP) is 3.78. The number of halogens is 1. The van der Waals surface area contributed by atoms with Gasteiger partial charge in [-0.25, -0.2) is 0 Å². The Balaban J connectivity index is 2.25. The molecule has 0 aliphatic rings. The molecular weight excluding hydrogens is 395 g/mol. The minimum absolute atomic E-state index is 0.550. The number of hydrogen-bond acceptors (Lipinski definition) is 3. The van der Waals surface area contributed by atoms with Gasteiger partial charge >= 0.3 is 5.97 Å². The molecule has 22 heavy (non-hydrogen) atoms. The van der Waals surface area contributed by atoms with E-state index < -0.39 is 18.3 Å². The smallest absolute Gasteiger partial charge is 0.312 e. The summed E-state index contributed by atoms with van der Waals surface area (Å²) < 4.78 is 0.838. The van der Waals surface area contributed by atoms with Crippen LogP contribution in [0, 0.1) is 0 Å². The third-order valence-electron chi connectivity index (χ3n) is 2.88. The number of rotatable bonds is 6. The van der Waals surface area contributed by atoms with Crippen molar-refractivity contribution in [3.05, 3.63) is 54.1 Å². The van der Waals surface area contributed by atoms with E-state index in [-0.39, 0.29) is 0 Å². The molecule has 0 spiro atoms. The molecule has 0 fully saturated rings. The lowest BCUT2D eigenvalue weighted by atomic mass is 10.1. The lowest BCUT2D eigenvalue weighted by molar-refractivity contribution is -0.139. The van der Waals surface area contributed by atoms with E-state index in [1.165, 1.54) is 0 Å². The van der Waals surface area contributed by atoms with Crippen molar-refractivity contribution in [1.82, 2.24) is 0 Å². The van der Waals surface area contributed by atoms with Crippen molar-refractivity contribution >= 4 is 51.5 Å². The number of amides is 1. The van der Waals surface area contributed by atoms with Crippen LogP contribution in [0.15, 0.2) is 48.5 Å². The predicted molar refractivity (Wildman–Crippen MR) is 94.8 cm³/mol. The molecule has 0 heterocycles. The van der Waals surface area contributed by atoms with Crippen LogP contribution in [0.4, 0.5) is 17.1 Å². The van der Waals surface area contributed by atoms with E-state index in [4.69, 9.17) is 5.11 Å². The zero-order chi connectivity index (χ0) is 15.9. The SMILES string of the molecule is O=C(O)CC(=O)Nc1ccc(CI)cc1Nc1ccccc1. The third kappa shape index (κ3) is 4.73. The summed E-state index contributed by atoms with van der Waals surface area (Å²) in [5, 5.41) is 14.5. The Kier molecular flexibility index (Phi) is 5.76. The molecule has 0 aliphatic heterocycles. The molecule has 0 saturated heterocycles.